The minimum Gasteiger partial charge on any atom is -0.496 e. The van der Waals surface area contributed by atoms with Crippen LogP contribution in [0.15, 0.2) is 41.0 Å². The highest BCUT2D eigenvalue weighted by Gasteiger charge is 2.25. The van der Waals surface area contributed by atoms with Crippen LogP contribution in [0.4, 0.5) is 8.78 Å². The Morgan fingerprint density at radius 1 is 1.04 bits per heavy atom. The second-order valence-corrected chi connectivity index (χ2v) is 5.53. The van der Waals surface area contributed by atoms with Gasteiger partial charge in [0.1, 0.15) is 11.5 Å². The fourth-order valence-corrected chi connectivity index (χ4v) is 2.50. The van der Waals surface area contributed by atoms with Gasteiger partial charge >= 0.3 is 5.97 Å². The third kappa shape index (κ3) is 3.28. The van der Waals surface area contributed by atoms with Crippen LogP contribution >= 0.6 is 0 Å². The Bertz CT molecular complexity index is 951. The lowest BCUT2D eigenvalue weighted by Gasteiger charge is -2.10. The van der Waals surface area contributed by atoms with E-state index >= 15 is 0 Å². The molecule has 134 valence electrons. The first kappa shape index (κ1) is 17.6. The fraction of sp³-hybridized carbons (Fsp3) is 0.158. The number of rotatable bonds is 4. The maximum absolute atomic E-state index is 13.4. The highest BCUT2D eigenvalue weighted by atomic mass is 19.2. The van der Waals surface area contributed by atoms with E-state index in [4.69, 9.17) is 14.2 Å². The first-order chi connectivity index (χ1) is 12.4. The van der Waals surface area contributed by atoms with Crippen molar-refractivity contribution in [2.24, 2.45) is 4.99 Å². The van der Waals surface area contributed by atoms with E-state index in [-0.39, 0.29) is 17.2 Å². The number of cyclic esters (lactones) is 1. The summed E-state index contributed by atoms with van der Waals surface area (Å²) in [6.45, 7) is 1.86. The number of aryl methyl sites for hydroxylation is 1. The lowest BCUT2D eigenvalue weighted by atomic mass is 10.1. The quantitative estimate of drug-likeness (QED) is 0.618. The highest BCUT2D eigenvalue weighted by Crippen LogP contribution is 2.31. The van der Waals surface area contributed by atoms with E-state index in [2.05, 4.69) is 4.99 Å². The standard InChI is InChI=1S/C19H15F2NO4/c1-10-6-17(25-3)12(9-16(10)24-2)8-15-19(23)26-18(22-15)11-4-5-13(20)14(21)7-11/h4-9H,1-3H3/b15-8+. The summed E-state index contributed by atoms with van der Waals surface area (Å²) in [5.74, 6) is -1.70. The zero-order valence-corrected chi connectivity index (χ0v) is 14.3. The number of halogens is 2. The molecule has 5 nitrogen and oxygen atoms in total. The van der Waals surface area contributed by atoms with Gasteiger partial charge in [0, 0.05) is 11.1 Å². The van der Waals surface area contributed by atoms with Crippen molar-refractivity contribution in [1.82, 2.24) is 0 Å². The molecule has 1 aliphatic rings. The number of carbonyl (C=O) groups excluding carboxylic acids is 1. The monoisotopic (exact) mass is 359 g/mol. The van der Waals surface area contributed by atoms with Crippen LogP contribution in [-0.2, 0) is 9.53 Å². The molecule has 0 saturated carbocycles. The van der Waals surface area contributed by atoms with Crippen LogP contribution in [0.5, 0.6) is 11.5 Å². The van der Waals surface area contributed by atoms with E-state index in [9.17, 15) is 13.6 Å². The second-order valence-electron chi connectivity index (χ2n) is 5.53. The van der Waals surface area contributed by atoms with Crippen molar-refractivity contribution in [3.8, 4) is 11.5 Å². The predicted octanol–water partition coefficient (Wildman–Crippen LogP) is 3.63. The Kier molecular flexibility index (Phi) is 4.71. The third-order valence-electron chi connectivity index (χ3n) is 3.83. The van der Waals surface area contributed by atoms with E-state index < -0.39 is 17.6 Å². The van der Waals surface area contributed by atoms with Gasteiger partial charge in [-0.1, -0.05) is 0 Å². The van der Waals surface area contributed by atoms with Gasteiger partial charge in [0.15, 0.2) is 17.3 Å². The molecule has 0 saturated heterocycles. The molecule has 0 spiro atoms. The molecule has 2 aromatic carbocycles. The Morgan fingerprint density at radius 2 is 1.77 bits per heavy atom. The molecule has 0 aliphatic carbocycles. The van der Waals surface area contributed by atoms with Crippen molar-refractivity contribution >= 4 is 17.9 Å². The van der Waals surface area contributed by atoms with Crippen molar-refractivity contribution in [2.45, 2.75) is 6.92 Å². The summed E-state index contributed by atoms with van der Waals surface area (Å²) in [4.78, 5) is 16.2. The van der Waals surface area contributed by atoms with Gasteiger partial charge in [-0.3, -0.25) is 0 Å². The minimum absolute atomic E-state index is 0.00828. The molecule has 0 atom stereocenters. The summed E-state index contributed by atoms with van der Waals surface area (Å²) in [6.07, 6.45) is 1.48. The van der Waals surface area contributed by atoms with E-state index in [1.807, 2.05) is 6.92 Å². The molecular weight excluding hydrogens is 344 g/mol. The number of carbonyl (C=O) groups is 1. The van der Waals surface area contributed by atoms with Crippen molar-refractivity contribution in [1.29, 1.82) is 0 Å². The third-order valence-corrected chi connectivity index (χ3v) is 3.83. The summed E-state index contributed by atoms with van der Waals surface area (Å²) < 4.78 is 42.1. The average Bonchev–Trinajstić information content (AvgIpc) is 2.99. The van der Waals surface area contributed by atoms with Crippen molar-refractivity contribution in [3.05, 3.63) is 64.4 Å². The Labute approximate surface area is 148 Å². The molecule has 0 bridgehead atoms. The van der Waals surface area contributed by atoms with Crippen LogP contribution in [0, 0.1) is 18.6 Å². The lowest BCUT2D eigenvalue weighted by Crippen LogP contribution is -2.06. The number of aliphatic imine (C=N–C) groups is 1. The summed E-state index contributed by atoms with van der Waals surface area (Å²) in [5.41, 5.74) is 1.60. The molecule has 1 aliphatic heterocycles. The molecule has 0 amide bonds. The number of esters is 1. The molecule has 3 rings (SSSR count). The number of ether oxygens (including phenoxy) is 3. The van der Waals surface area contributed by atoms with Crippen molar-refractivity contribution < 1.29 is 27.8 Å². The summed E-state index contributed by atoms with van der Waals surface area (Å²) in [7, 11) is 3.04. The lowest BCUT2D eigenvalue weighted by molar-refractivity contribution is -0.129. The van der Waals surface area contributed by atoms with Gasteiger partial charge in [-0.15, -0.1) is 0 Å². The van der Waals surface area contributed by atoms with Gasteiger partial charge < -0.3 is 14.2 Å². The summed E-state index contributed by atoms with van der Waals surface area (Å²) in [5, 5.41) is 0. The van der Waals surface area contributed by atoms with Crippen molar-refractivity contribution in [2.75, 3.05) is 14.2 Å². The SMILES string of the molecule is COc1cc(/C=C2/N=C(c3ccc(F)c(F)c3)OC2=O)c(OC)cc1C. The Balaban J connectivity index is 2.02. The molecule has 1 heterocycles. The molecule has 0 radical (unpaired) electrons. The van der Waals surface area contributed by atoms with E-state index in [1.54, 1.807) is 12.1 Å². The van der Waals surface area contributed by atoms with Gasteiger partial charge in [-0.05, 0) is 48.9 Å². The summed E-state index contributed by atoms with van der Waals surface area (Å²) in [6, 6.07) is 6.62. The first-order valence-corrected chi connectivity index (χ1v) is 7.63. The number of hydrogen-bond acceptors (Lipinski definition) is 5. The van der Waals surface area contributed by atoms with Crippen LogP contribution in [0.25, 0.3) is 6.08 Å². The maximum atomic E-state index is 13.4. The van der Waals surface area contributed by atoms with E-state index in [1.165, 1.54) is 26.4 Å². The fourth-order valence-electron chi connectivity index (χ4n) is 2.50. The van der Waals surface area contributed by atoms with Crippen LogP contribution in [0.1, 0.15) is 16.7 Å². The molecule has 0 aromatic heterocycles. The number of benzene rings is 2. The molecule has 0 fully saturated rings. The van der Waals surface area contributed by atoms with Gasteiger partial charge in [0.05, 0.1) is 14.2 Å². The molecule has 7 heteroatoms. The van der Waals surface area contributed by atoms with Gasteiger partial charge in [-0.2, -0.15) is 0 Å². The molecular formula is C19H15F2NO4. The zero-order chi connectivity index (χ0) is 18.8. The predicted molar refractivity (Wildman–Crippen MR) is 91.2 cm³/mol. The largest absolute Gasteiger partial charge is 0.496 e. The number of methoxy groups -OCH3 is 2. The van der Waals surface area contributed by atoms with Crippen LogP contribution in [-0.4, -0.2) is 26.1 Å². The van der Waals surface area contributed by atoms with Crippen LogP contribution in [0.3, 0.4) is 0 Å². The van der Waals surface area contributed by atoms with Crippen LogP contribution < -0.4 is 9.47 Å². The number of hydrogen-bond donors (Lipinski definition) is 0. The van der Waals surface area contributed by atoms with Crippen molar-refractivity contribution in [3.63, 3.8) is 0 Å². The number of nitrogens with zero attached hydrogens (tertiary/aromatic N) is 1. The normalized spacial score (nSPS) is 15.0. The smallest absolute Gasteiger partial charge is 0.363 e. The van der Waals surface area contributed by atoms with E-state index in [0.717, 1.165) is 17.7 Å². The van der Waals surface area contributed by atoms with Crippen LogP contribution in [0.2, 0.25) is 0 Å². The molecule has 26 heavy (non-hydrogen) atoms. The molecule has 0 unspecified atom stereocenters. The first-order valence-electron chi connectivity index (χ1n) is 7.63. The maximum Gasteiger partial charge on any atom is 0.363 e. The van der Waals surface area contributed by atoms with Gasteiger partial charge in [-0.25, -0.2) is 18.6 Å². The molecule has 2 aromatic rings. The average molecular weight is 359 g/mol. The minimum atomic E-state index is -1.05. The van der Waals surface area contributed by atoms with Gasteiger partial charge in [0.25, 0.3) is 0 Å². The Hall–Kier alpha value is -3.22. The topological polar surface area (TPSA) is 57.1 Å². The second kappa shape index (κ2) is 6.95. The molecule has 0 N–H and O–H groups in total. The zero-order valence-electron chi connectivity index (χ0n) is 14.3. The Morgan fingerprint density at radius 3 is 2.42 bits per heavy atom. The summed E-state index contributed by atoms with van der Waals surface area (Å²) >= 11 is 0. The van der Waals surface area contributed by atoms with E-state index in [0.29, 0.717) is 17.1 Å². The van der Waals surface area contributed by atoms with Gasteiger partial charge in [0.2, 0.25) is 5.90 Å². The highest BCUT2D eigenvalue weighted by molar-refractivity contribution is 6.13.